The first-order valence-electron chi connectivity index (χ1n) is 9.71. The minimum Gasteiger partial charge on any atom is -0.307 e. The molecule has 0 radical (unpaired) electrons. The summed E-state index contributed by atoms with van der Waals surface area (Å²) in [5.41, 5.74) is 5.29. The van der Waals surface area contributed by atoms with E-state index in [9.17, 15) is 18.0 Å². The van der Waals surface area contributed by atoms with Gasteiger partial charge in [-0.15, -0.1) is 0 Å². The van der Waals surface area contributed by atoms with Crippen molar-refractivity contribution >= 4 is 45.7 Å². The normalized spacial score (nSPS) is 17.3. The highest BCUT2D eigenvalue weighted by Crippen LogP contribution is 2.39. The van der Waals surface area contributed by atoms with Crippen molar-refractivity contribution < 1.29 is 18.0 Å². The van der Waals surface area contributed by atoms with Crippen molar-refractivity contribution in [3.8, 4) is 11.1 Å². The van der Waals surface area contributed by atoms with Gasteiger partial charge in [0.2, 0.25) is 11.8 Å². The van der Waals surface area contributed by atoms with Crippen molar-refractivity contribution in [1.82, 2.24) is 5.43 Å². The monoisotopic (exact) mass is 462 g/mol. The predicted octanol–water partition coefficient (Wildman–Crippen LogP) is 1.61. The Morgan fingerprint density at radius 1 is 1.16 bits per heavy atom. The standard InChI is InChI=1S/C21H26N4O4S2/c1-13-11-24(21(27)18(12-30)23-22)20-10-16(6-9-19(20)25(13)14(2)26)15-4-7-17(8-5-15)31(3,28)29/h4-10,13,18,23,30H,11-12,22H2,1-3H3/t13-,18?/m0/s1. The summed E-state index contributed by atoms with van der Waals surface area (Å²) < 4.78 is 23.5. The van der Waals surface area contributed by atoms with Crippen molar-refractivity contribution in [1.29, 1.82) is 0 Å². The number of nitrogens with two attached hydrogens (primary N) is 1. The van der Waals surface area contributed by atoms with Crippen LogP contribution in [0, 0.1) is 0 Å². The van der Waals surface area contributed by atoms with E-state index in [4.69, 9.17) is 5.84 Å². The third kappa shape index (κ3) is 4.62. The lowest BCUT2D eigenvalue weighted by molar-refractivity contribution is -0.121. The lowest BCUT2D eigenvalue weighted by Gasteiger charge is -2.41. The third-order valence-electron chi connectivity index (χ3n) is 5.32. The zero-order valence-electron chi connectivity index (χ0n) is 17.6. The molecule has 2 amide bonds. The van der Waals surface area contributed by atoms with Gasteiger partial charge in [0.25, 0.3) is 0 Å². The summed E-state index contributed by atoms with van der Waals surface area (Å²) in [6.45, 7) is 3.69. The van der Waals surface area contributed by atoms with Crippen LogP contribution in [0.5, 0.6) is 0 Å². The number of nitrogens with one attached hydrogen (secondary N) is 1. The molecule has 0 aliphatic carbocycles. The number of benzene rings is 2. The van der Waals surface area contributed by atoms with Gasteiger partial charge >= 0.3 is 0 Å². The molecule has 3 rings (SSSR count). The van der Waals surface area contributed by atoms with Crippen molar-refractivity contribution in [2.45, 2.75) is 30.8 Å². The van der Waals surface area contributed by atoms with Crippen molar-refractivity contribution in [2.24, 2.45) is 5.84 Å². The van der Waals surface area contributed by atoms with Crippen LogP contribution in [0.15, 0.2) is 47.4 Å². The number of carbonyl (C=O) groups is 2. The highest BCUT2D eigenvalue weighted by atomic mass is 32.2. The Labute approximate surface area is 187 Å². The number of sulfone groups is 1. The first kappa shape index (κ1) is 23.3. The fraction of sp³-hybridized carbons (Fsp3) is 0.333. The smallest absolute Gasteiger partial charge is 0.246 e. The maximum Gasteiger partial charge on any atom is 0.246 e. The molecule has 8 nitrogen and oxygen atoms in total. The average molecular weight is 463 g/mol. The number of fused-ring (bicyclic) bond motifs is 1. The van der Waals surface area contributed by atoms with Crippen LogP contribution >= 0.6 is 12.6 Å². The number of amides is 2. The molecule has 0 bridgehead atoms. The molecular formula is C21H26N4O4S2. The van der Waals surface area contributed by atoms with Crippen LogP contribution in [0.3, 0.4) is 0 Å². The van der Waals surface area contributed by atoms with Gasteiger partial charge in [-0.05, 0) is 42.3 Å². The number of anilines is 2. The largest absolute Gasteiger partial charge is 0.307 e. The van der Waals surface area contributed by atoms with Gasteiger partial charge in [0.05, 0.1) is 22.3 Å². The van der Waals surface area contributed by atoms with Gasteiger partial charge < -0.3 is 9.80 Å². The predicted molar refractivity (Wildman–Crippen MR) is 125 cm³/mol. The fourth-order valence-corrected chi connectivity index (χ4v) is 4.67. The molecular weight excluding hydrogens is 436 g/mol. The van der Waals surface area contributed by atoms with E-state index in [1.54, 1.807) is 40.1 Å². The zero-order valence-corrected chi connectivity index (χ0v) is 19.3. The second kappa shape index (κ2) is 8.99. The molecule has 31 heavy (non-hydrogen) atoms. The van der Waals surface area contributed by atoms with E-state index in [-0.39, 0.29) is 28.5 Å². The SMILES string of the molecule is CC(=O)N1c2ccc(-c3ccc(S(C)(=O)=O)cc3)cc2N(C(=O)C(CS)NN)C[C@@H]1C. The van der Waals surface area contributed by atoms with E-state index in [0.29, 0.717) is 17.9 Å². The van der Waals surface area contributed by atoms with E-state index >= 15 is 0 Å². The first-order chi connectivity index (χ1) is 14.6. The lowest BCUT2D eigenvalue weighted by atomic mass is 10.00. The Kier molecular flexibility index (Phi) is 6.75. The van der Waals surface area contributed by atoms with E-state index in [0.717, 1.165) is 17.4 Å². The summed E-state index contributed by atoms with van der Waals surface area (Å²) in [5, 5.41) is 0. The van der Waals surface area contributed by atoms with Crippen LogP contribution < -0.4 is 21.1 Å². The maximum absolute atomic E-state index is 13.1. The number of thiol groups is 1. The number of hydrogen-bond acceptors (Lipinski definition) is 7. The molecule has 10 heteroatoms. The van der Waals surface area contributed by atoms with Crippen LogP contribution in [0.1, 0.15) is 13.8 Å². The van der Waals surface area contributed by atoms with Crippen LogP contribution in [0.2, 0.25) is 0 Å². The van der Waals surface area contributed by atoms with Gasteiger partial charge in [0.1, 0.15) is 6.04 Å². The summed E-state index contributed by atoms with van der Waals surface area (Å²) in [6.07, 6.45) is 1.16. The lowest BCUT2D eigenvalue weighted by Crippen LogP contribution is -2.57. The van der Waals surface area contributed by atoms with Crippen molar-refractivity contribution in [3.63, 3.8) is 0 Å². The zero-order chi connectivity index (χ0) is 22.9. The number of hydrogen-bond donors (Lipinski definition) is 3. The van der Waals surface area contributed by atoms with Crippen LogP contribution in [0.4, 0.5) is 11.4 Å². The molecule has 0 spiro atoms. The first-order valence-corrected chi connectivity index (χ1v) is 12.2. The maximum atomic E-state index is 13.1. The number of hydrazine groups is 1. The van der Waals surface area contributed by atoms with Crippen molar-refractivity contribution in [2.75, 3.05) is 28.4 Å². The second-order valence-electron chi connectivity index (χ2n) is 7.59. The molecule has 1 aliphatic heterocycles. The fourth-order valence-electron chi connectivity index (χ4n) is 3.78. The van der Waals surface area contributed by atoms with Crippen LogP contribution in [-0.2, 0) is 19.4 Å². The highest BCUT2D eigenvalue weighted by Gasteiger charge is 2.35. The minimum absolute atomic E-state index is 0.117. The Morgan fingerprint density at radius 2 is 1.77 bits per heavy atom. The highest BCUT2D eigenvalue weighted by molar-refractivity contribution is 7.90. The molecule has 3 N–H and O–H groups in total. The molecule has 1 aliphatic rings. The quantitative estimate of drug-likeness (QED) is 0.354. The van der Waals surface area contributed by atoms with Gasteiger partial charge in [-0.25, -0.2) is 13.8 Å². The molecule has 1 unspecified atom stereocenters. The summed E-state index contributed by atoms with van der Waals surface area (Å²) in [7, 11) is -3.30. The number of carbonyl (C=O) groups excluding carboxylic acids is 2. The molecule has 166 valence electrons. The Bertz CT molecular complexity index is 1100. The Balaban J connectivity index is 2.11. The molecule has 0 saturated carbocycles. The summed E-state index contributed by atoms with van der Waals surface area (Å²) >= 11 is 4.20. The van der Waals surface area contributed by atoms with Crippen LogP contribution in [-0.4, -0.2) is 50.9 Å². The van der Waals surface area contributed by atoms with Gasteiger partial charge in [0, 0.05) is 25.5 Å². The van der Waals surface area contributed by atoms with E-state index in [2.05, 4.69) is 18.1 Å². The van der Waals surface area contributed by atoms with Crippen LogP contribution in [0.25, 0.3) is 11.1 Å². The van der Waals surface area contributed by atoms with Gasteiger partial charge in [-0.3, -0.25) is 15.4 Å². The topological polar surface area (TPSA) is 113 Å². The molecule has 2 aromatic rings. The number of nitrogens with zero attached hydrogens (tertiary/aromatic N) is 2. The molecule has 2 aromatic carbocycles. The molecule has 2 atom stereocenters. The van der Waals surface area contributed by atoms with Gasteiger partial charge in [-0.1, -0.05) is 18.2 Å². The van der Waals surface area contributed by atoms with E-state index in [1.165, 1.54) is 6.92 Å². The van der Waals surface area contributed by atoms with E-state index < -0.39 is 15.9 Å². The van der Waals surface area contributed by atoms with E-state index in [1.807, 2.05) is 19.1 Å². The summed E-state index contributed by atoms with van der Waals surface area (Å²) in [4.78, 5) is 28.9. The molecule has 0 fully saturated rings. The second-order valence-corrected chi connectivity index (χ2v) is 9.97. The van der Waals surface area contributed by atoms with Crippen molar-refractivity contribution in [3.05, 3.63) is 42.5 Å². The average Bonchev–Trinajstić information content (AvgIpc) is 2.72. The third-order valence-corrected chi connectivity index (χ3v) is 6.81. The molecule has 0 saturated heterocycles. The molecule has 1 heterocycles. The number of rotatable bonds is 5. The molecule has 0 aromatic heterocycles. The minimum atomic E-state index is -3.30. The Morgan fingerprint density at radius 3 is 2.29 bits per heavy atom. The Hall–Kier alpha value is -2.40. The summed E-state index contributed by atoms with van der Waals surface area (Å²) in [5.74, 6) is 5.40. The summed E-state index contributed by atoms with van der Waals surface area (Å²) in [6, 6.07) is 11.1. The van der Waals surface area contributed by atoms with Gasteiger partial charge in [-0.2, -0.15) is 12.6 Å². The van der Waals surface area contributed by atoms with Gasteiger partial charge in [0.15, 0.2) is 9.84 Å².